The summed E-state index contributed by atoms with van der Waals surface area (Å²) in [6.07, 6.45) is 2.12. The fourth-order valence-corrected chi connectivity index (χ4v) is 6.38. The molecule has 13 heteroatoms. The van der Waals surface area contributed by atoms with E-state index < -0.39 is 28.9 Å². The van der Waals surface area contributed by atoms with E-state index in [4.69, 9.17) is 24.7 Å². The second-order valence-electron chi connectivity index (χ2n) is 12.0. The van der Waals surface area contributed by atoms with Crippen LogP contribution < -0.4 is 24.8 Å². The maximum Gasteiger partial charge on any atom is 0.247 e. The van der Waals surface area contributed by atoms with Gasteiger partial charge in [-0.05, 0) is 60.7 Å². The number of rotatable bonds is 12. The van der Waals surface area contributed by atoms with Crippen molar-refractivity contribution in [3.8, 4) is 23.1 Å². The largest absolute Gasteiger partial charge is 0.493 e. The van der Waals surface area contributed by atoms with Crippen LogP contribution in [0.1, 0.15) is 20.3 Å². The maximum atomic E-state index is 15.8. The van der Waals surface area contributed by atoms with E-state index in [0.717, 1.165) is 45.3 Å². The number of hydrogen-bond acceptors (Lipinski definition) is 9. The highest BCUT2D eigenvalue weighted by molar-refractivity contribution is 6.17. The number of anilines is 2. The van der Waals surface area contributed by atoms with Crippen LogP contribution in [0.4, 0.5) is 20.2 Å². The number of carbonyl (C=O) groups excluding carboxylic acids is 2. The Kier molecular flexibility index (Phi) is 9.42. The van der Waals surface area contributed by atoms with Crippen LogP contribution in [-0.4, -0.2) is 73.2 Å². The monoisotopic (exact) mass is 661 g/mol. The average molecular weight is 662 g/mol. The Balaban J connectivity index is 1.25. The molecule has 11 nitrogen and oxygen atoms in total. The molecule has 2 heterocycles. The Bertz CT molecular complexity index is 1810. The molecule has 0 radical (unpaired) electrons. The number of nitrogens with two attached hydrogens (primary N) is 1. The van der Waals surface area contributed by atoms with Gasteiger partial charge in [0.05, 0.1) is 43.5 Å². The number of amides is 2. The molecule has 48 heavy (non-hydrogen) atoms. The lowest BCUT2D eigenvalue weighted by molar-refractivity contribution is -0.134. The van der Waals surface area contributed by atoms with Crippen molar-refractivity contribution in [2.45, 2.75) is 20.3 Å². The van der Waals surface area contributed by atoms with Crippen molar-refractivity contribution < 1.29 is 37.3 Å². The molecule has 1 aliphatic carbocycles. The standard InChI is InChI=1S/C35H37F2N5O6/c1-21-22(2)35(21,33(38)43)34(44)42(24-7-5-23(36)6-8-24)25-9-10-29(27(37)17-25)48-32-26-18-30(45-3)31(19-28(26)39-20-40-32)47-14-4-11-41-12-15-46-16-13-41/h5-10,17-22H,4,11-16H2,1-3H3,(H2,38,43)/t21-,22+,35+. The Hall–Kier alpha value is -4.88. The molecule has 0 bridgehead atoms. The molecule has 6 rings (SSSR count). The zero-order valence-electron chi connectivity index (χ0n) is 26.9. The van der Waals surface area contributed by atoms with Gasteiger partial charge in [-0.15, -0.1) is 0 Å². The Morgan fingerprint density at radius 3 is 2.33 bits per heavy atom. The van der Waals surface area contributed by atoms with Crippen LogP contribution in [0.3, 0.4) is 0 Å². The fraction of sp³-hybridized carbons (Fsp3) is 0.371. The van der Waals surface area contributed by atoms with Gasteiger partial charge in [0.15, 0.2) is 23.1 Å². The van der Waals surface area contributed by atoms with Gasteiger partial charge in [0, 0.05) is 37.5 Å². The highest BCUT2D eigenvalue weighted by Crippen LogP contribution is 2.60. The van der Waals surface area contributed by atoms with Crippen molar-refractivity contribution in [3.63, 3.8) is 0 Å². The molecule has 1 saturated carbocycles. The number of fused-ring (bicyclic) bond motifs is 1. The van der Waals surface area contributed by atoms with E-state index in [2.05, 4.69) is 14.9 Å². The smallest absolute Gasteiger partial charge is 0.247 e. The number of morpholine rings is 1. The van der Waals surface area contributed by atoms with E-state index in [1.807, 2.05) is 0 Å². The third-order valence-electron chi connectivity index (χ3n) is 9.37. The summed E-state index contributed by atoms with van der Waals surface area (Å²) < 4.78 is 52.5. The van der Waals surface area contributed by atoms with Crippen LogP contribution in [0.25, 0.3) is 10.9 Å². The van der Waals surface area contributed by atoms with E-state index in [-0.39, 0.29) is 34.8 Å². The quantitative estimate of drug-likeness (QED) is 0.160. The molecule has 2 fully saturated rings. The van der Waals surface area contributed by atoms with Crippen molar-refractivity contribution in [2.24, 2.45) is 23.0 Å². The first-order valence-corrected chi connectivity index (χ1v) is 15.8. The number of aromatic nitrogens is 2. The molecule has 4 aromatic rings. The Morgan fingerprint density at radius 1 is 0.979 bits per heavy atom. The second kappa shape index (κ2) is 13.7. The lowest BCUT2D eigenvalue weighted by Crippen LogP contribution is -2.43. The molecule has 1 aliphatic heterocycles. The van der Waals surface area contributed by atoms with Gasteiger partial charge in [-0.25, -0.2) is 18.7 Å². The number of methoxy groups -OCH3 is 1. The number of nitrogens with zero attached hydrogens (tertiary/aromatic N) is 4. The van der Waals surface area contributed by atoms with Crippen LogP contribution in [-0.2, 0) is 14.3 Å². The molecular weight excluding hydrogens is 624 g/mol. The number of primary amides is 1. The van der Waals surface area contributed by atoms with Crippen molar-refractivity contribution in [3.05, 3.63) is 72.6 Å². The van der Waals surface area contributed by atoms with Crippen LogP contribution >= 0.6 is 0 Å². The second-order valence-corrected chi connectivity index (χ2v) is 12.0. The predicted molar refractivity (Wildman–Crippen MR) is 173 cm³/mol. The molecule has 252 valence electrons. The minimum atomic E-state index is -1.48. The molecule has 2 aliphatic rings. The number of hydrogen-bond donors (Lipinski definition) is 1. The van der Waals surface area contributed by atoms with E-state index >= 15 is 4.39 Å². The molecule has 1 aromatic heterocycles. The van der Waals surface area contributed by atoms with Gasteiger partial charge in [0.25, 0.3) is 0 Å². The summed E-state index contributed by atoms with van der Waals surface area (Å²) in [6, 6.07) is 12.4. The van der Waals surface area contributed by atoms with E-state index in [1.165, 1.54) is 54.7 Å². The van der Waals surface area contributed by atoms with Crippen molar-refractivity contribution in [2.75, 3.05) is 51.5 Å². The van der Waals surface area contributed by atoms with E-state index in [9.17, 15) is 14.0 Å². The lowest BCUT2D eigenvalue weighted by Gasteiger charge is -2.27. The first-order chi connectivity index (χ1) is 23.1. The highest BCUT2D eigenvalue weighted by atomic mass is 19.1. The number of halogens is 2. The summed E-state index contributed by atoms with van der Waals surface area (Å²) in [6.45, 7) is 8.17. The SMILES string of the molecule is COc1cc2c(Oc3ccc(N(C(=O)[C@@]4(C(N)=O)[C@H](C)[C@@H]4C)c4ccc(F)cc4)cc3F)ncnc2cc1OCCCN1CCOCC1. The summed E-state index contributed by atoms with van der Waals surface area (Å²) in [5.74, 6) is -2.55. The van der Waals surface area contributed by atoms with Crippen molar-refractivity contribution in [1.29, 1.82) is 0 Å². The molecular formula is C35H37F2N5O6. The van der Waals surface area contributed by atoms with Crippen LogP contribution in [0.15, 0.2) is 60.9 Å². The maximum absolute atomic E-state index is 15.8. The molecule has 2 N–H and O–H groups in total. The fourth-order valence-electron chi connectivity index (χ4n) is 6.38. The van der Waals surface area contributed by atoms with Gasteiger partial charge < -0.3 is 24.7 Å². The normalized spacial score (nSPS) is 20.7. The summed E-state index contributed by atoms with van der Waals surface area (Å²) in [5, 5.41) is 0.460. The van der Waals surface area contributed by atoms with Crippen LogP contribution in [0.2, 0.25) is 0 Å². The number of ether oxygens (including phenoxy) is 4. The van der Waals surface area contributed by atoms with Gasteiger partial charge in [-0.1, -0.05) is 13.8 Å². The summed E-state index contributed by atoms with van der Waals surface area (Å²) >= 11 is 0. The third-order valence-corrected chi connectivity index (χ3v) is 9.37. The number of benzene rings is 3. The molecule has 2 amide bonds. The Morgan fingerprint density at radius 2 is 1.69 bits per heavy atom. The van der Waals surface area contributed by atoms with Crippen molar-refractivity contribution >= 4 is 34.1 Å². The van der Waals surface area contributed by atoms with Crippen LogP contribution in [0, 0.1) is 28.9 Å². The summed E-state index contributed by atoms with van der Waals surface area (Å²) in [5.41, 5.74) is 5.10. The topological polar surface area (TPSA) is 129 Å². The zero-order chi connectivity index (χ0) is 34.0. The zero-order valence-corrected chi connectivity index (χ0v) is 26.9. The van der Waals surface area contributed by atoms with E-state index in [1.54, 1.807) is 26.0 Å². The lowest BCUT2D eigenvalue weighted by atomic mass is 9.98. The van der Waals surface area contributed by atoms with Gasteiger partial charge in [-0.3, -0.25) is 19.4 Å². The minimum absolute atomic E-state index is 0.0728. The minimum Gasteiger partial charge on any atom is -0.493 e. The molecule has 1 saturated heterocycles. The average Bonchev–Trinajstić information content (AvgIpc) is 3.65. The summed E-state index contributed by atoms with van der Waals surface area (Å²) in [4.78, 5) is 38.7. The molecule has 3 aromatic carbocycles. The van der Waals surface area contributed by atoms with Crippen molar-refractivity contribution in [1.82, 2.24) is 14.9 Å². The van der Waals surface area contributed by atoms with Gasteiger partial charge in [0.1, 0.15) is 17.6 Å². The Labute approximate surface area is 276 Å². The van der Waals surface area contributed by atoms with Crippen LogP contribution in [0.5, 0.6) is 23.1 Å². The highest BCUT2D eigenvalue weighted by Gasteiger charge is 2.70. The molecule has 0 spiro atoms. The predicted octanol–water partition coefficient (Wildman–Crippen LogP) is 5.23. The van der Waals surface area contributed by atoms with Gasteiger partial charge >= 0.3 is 0 Å². The van der Waals surface area contributed by atoms with Gasteiger partial charge in [-0.2, -0.15) is 0 Å². The number of carbonyl (C=O) groups is 2. The first kappa shape index (κ1) is 33.0. The molecule has 0 unspecified atom stereocenters. The van der Waals surface area contributed by atoms with Gasteiger partial charge in [0.2, 0.25) is 17.7 Å². The third kappa shape index (κ3) is 6.22. The summed E-state index contributed by atoms with van der Waals surface area (Å²) in [7, 11) is 1.52. The van der Waals surface area contributed by atoms with E-state index in [0.29, 0.717) is 29.0 Å². The molecule has 3 atom stereocenters. The first-order valence-electron chi connectivity index (χ1n) is 15.8.